The smallest absolute Gasteiger partial charge is 0.161 e. The fourth-order valence-corrected chi connectivity index (χ4v) is 3.36. The summed E-state index contributed by atoms with van der Waals surface area (Å²) in [7, 11) is 0. The zero-order valence-electron chi connectivity index (χ0n) is 11.8. The summed E-state index contributed by atoms with van der Waals surface area (Å²) in [6.07, 6.45) is 0.946. The number of benzene rings is 2. The van der Waals surface area contributed by atoms with Crippen molar-refractivity contribution < 1.29 is 4.39 Å². The van der Waals surface area contributed by atoms with Crippen molar-refractivity contribution in [3.05, 3.63) is 65.5 Å². The maximum atomic E-state index is 13.4. The molecule has 1 heterocycles. The number of aliphatic imine (C=N–C) groups is 1. The van der Waals surface area contributed by atoms with E-state index in [9.17, 15) is 4.39 Å². The second-order valence-electron chi connectivity index (χ2n) is 5.23. The Morgan fingerprint density at radius 3 is 2.81 bits per heavy atom. The highest BCUT2D eigenvalue weighted by Crippen LogP contribution is 2.23. The summed E-state index contributed by atoms with van der Waals surface area (Å²) in [5.41, 5.74) is 2.97. The molecule has 0 fully saturated rings. The lowest BCUT2D eigenvalue weighted by atomic mass is 10.1. The lowest BCUT2D eigenvalue weighted by Crippen LogP contribution is -2.08. The number of halogens is 1. The van der Waals surface area contributed by atoms with Crippen LogP contribution in [0.1, 0.15) is 11.1 Å². The van der Waals surface area contributed by atoms with E-state index in [-0.39, 0.29) is 11.9 Å². The Morgan fingerprint density at radius 2 is 2.05 bits per heavy atom. The molecule has 0 bridgehead atoms. The average Bonchev–Trinajstić information content (AvgIpc) is 2.86. The van der Waals surface area contributed by atoms with Crippen molar-refractivity contribution in [2.45, 2.75) is 19.4 Å². The van der Waals surface area contributed by atoms with Crippen LogP contribution in [0.5, 0.6) is 0 Å². The van der Waals surface area contributed by atoms with Gasteiger partial charge in [-0.05, 0) is 42.7 Å². The molecule has 1 atom stereocenters. The van der Waals surface area contributed by atoms with Gasteiger partial charge in [0, 0.05) is 11.4 Å². The van der Waals surface area contributed by atoms with Crippen LogP contribution in [0, 0.1) is 12.7 Å². The molecule has 1 N–H and O–H groups in total. The second kappa shape index (κ2) is 6.31. The third-order valence-electron chi connectivity index (χ3n) is 3.32. The van der Waals surface area contributed by atoms with Gasteiger partial charge in [0.25, 0.3) is 0 Å². The van der Waals surface area contributed by atoms with Gasteiger partial charge in [-0.2, -0.15) is 0 Å². The van der Waals surface area contributed by atoms with Crippen LogP contribution in [0.3, 0.4) is 0 Å². The summed E-state index contributed by atoms with van der Waals surface area (Å²) in [6.45, 7) is 1.88. The minimum atomic E-state index is -0.220. The predicted octanol–water partition coefficient (Wildman–Crippen LogP) is 4.26. The van der Waals surface area contributed by atoms with Crippen molar-refractivity contribution in [2.24, 2.45) is 4.99 Å². The maximum absolute atomic E-state index is 13.4. The van der Waals surface area contributed by atoms with E-state index in [0.717, 1.165) is 28.6 Å². The van der Waals surface area contributed by atoms with Gasteiger partial charge >= 0.3 is 0 Å². The van der Waals surface area contributed by atoms with Gasteiger partial charge in [0.15, 0.2) is 5.17 Å². The van der Waals surface area contributed by atoms with Gasteiger partial charge < -0.3 is 5.32 Å². The zero-order chi connectivity index (χ0) is 14.7. The molecule has 2 nitrogen and oxygen atoms in total. The molecular weight excluding hydrogens is 283 g/mol. The topological polar surface area (TPSA) is 24.4 Å². The Balaban J connectivity index is 1.66. The summed E-state index contributed by atoms with van der Waals surface area (Å²) in [6, 6.07) is 15.6. The summed E-state index contributed by atoms with van der Waals surface area (Å²) in [5, 5.41) is 4.09. The number of aryl methyl sites for hydroxylation is 1. The van der Waals surface area contributed by atoms with Gasteiger partial charge in [-0.3, -0.25) is 4.99 Å². The molecule has 21 heavy (non-hydrogen) atoms. The molecule has 0 radical (unpaired) electrons. The highest BCUT2D eigenvalue weighted by Gasteiger charge is 2.18. The highest BCUT2D eigenvalue weighted by molar-refractivity contribution is 8.14. The fourth-order valence-electron chi connectivity index (χ4n) is 2.41. The molecule has 0 saturated heterocycles. The molecule has 0 aromatic heterocycles. The van der Waals surface area contributed by atoms with E-state index in [1.165, 1.54) is 17.7 Å². The number of rotatable bonds is 3. The summed E-state index contributed by atoms with van der Waals surface area (Å²) in [4.78, 5) is 4.68. The summed E-state index contributed by atoms with van der Waals surface area (Å²) < 4.78 is 13.4. The lowest BCUT2D eigenvalue weighted by Gasteiger charge is -2.06. The van der Waals surface area contributed by atoms with E-state index in [1.807, 2.05) is 19.1 Å². The summed E-state index contributed by atoms with van der Waals surface area (Å²) >= 11 is 1.69. The molecule has 0 amide bonds. The van der Waals surface area contributed by atoms with Crippen LogP contribution >= 0.6 is 11.8 Å². The quantitative estimate of drug-likeness (QED) is 0.916. The first-order valence-corrected chi connectivity index (χ1v) is 7.96. The number of hydrogen-bond donors (Lipinski definition) is 1. The zero-order valence-corrected chi connectivity index (χ0v) is 12.7. The molecule has 2 aromatic rings. The molecule has 108 valence electrons. The molecular formula is C17H17FN2S. The van der Waals surface area contributed by atoms with Crippen LogP contribution in [0.2, 0.25) is 0 Å². The maximum Gasteiger partial charge on any atom is 0.161 e. The number of hydrogen-bond acceptors (Lipinski definition) is 3. The van der Waals surface area contributed by atoms with Crippen LogP contribution in [0.15, 0.2) is 53.5 Å². The van der Waals surface area contributed by atoms with E-state index in [0.29, 0.717) is 0 Å². The van der Waals surface area contributed by atoms with E-state index in [2.05, 4.69) is 34.6 Å². The third kappa shape index (κ3) is 3.85. The van der Waals surface area contributed by atoms with Crippen molar-refractivity contribution in [3.8, 4) is 0 Å². The Bertz CT molecular complexity index is 635. The van der Waals surface area contributed by atoms with Gasteiger partial charge in [0.1, 0.15) is 5.82 Å². The Kier molecular flexibility index (Phi) is 4.25. The highest BCUT2D eigenvalue weighted by atomic mass is 32.2. The number of anilines is 1. The minimum Gasteiger partial charge on any atom is -0.335 e. The predicted molar refractivity (Wildman–Crippen MR) is 88.6 cm³/mol. The molecule has 0 aliphatic carbocycles. The van der Waals surface area contributed by atoms with Gasteiger partial charge in [-0.1, -0.05) is 42.1 Å². The molecule has 1 unspecified atom stereocenters. The van der Waals surface area contributed by atoms with E-state index < -0.39 is 0 Å². The van der Waals surface area contributed by atoms with Crippen LogP contribution in [-0.2, 0) is 6.42 Å². The van der Waals surface area contributed by atoms with Crippen LogP contribution in [0.4, 0.5) is 10.1 Å². The van der Waals surface area contributed by atoms with Crippen molar-refractivity contribution in [1.82, 2.24) is 0 Å². The average molecular weight is 300 g/mol. The van der Waals surface area contributed by atoms with Crippen molar-refractivity contribution in [3.63, 3.8) is 0 Å². The Hall–Kier alpha value is -1.81. The number of amidine groups is 1. The van der Waals surface area contributed by atoms with Gasteiger partial charge in [0.2, 0.25) is 0 Å². The Labute approximate surface area is 128 Å². The molecule has 1 aliphatic heterocycles. The third-order valence-corrected chi connectivity index (χ3v) is 4.35. The fraction of sp³-hybridized carbons (Fsp3) is 0.235. The van der Waals surface area contributed by atoms with Crippen LogP contribution in [0.25, 0.3) is 0 Å². The van der Waals surface area contributed by atoms with Crippen molar-refractivity contribution >= 4 is 22.6 Å². The first-order chi connectivity index (χ1) is 10.2. The standard InChI is InChI=1S/C17H17FN2S/c1-12-7-14(18)10-15(8-12)19-17-20-16(11-21-17)9-13-5-3-2-4-6-13/h2-8,10,16H,9,11H2,1H3,(H,19,20). The monoisotopic (exact) mass is 300 g/mol. The largest absolute Gasteiger partial charge is 0.335 e. The first kappa shape index (κ1) is 14.1. The molecule has 4 heteroatoms. The molecule has 0 spiro atoms. The Morgan fingerprint density at radius 1 is 1.24 bits per heavy atom. The minimum absolute atomic E-state index is 0.220. The van der Waals surface area contributed by atoms with Gasteiger partial charge in [0.05, 0.1) is 6.04 Å². The second-order valence-corrected chi connectivity index (χ2v) is 6.24. The van der Waals surface area contributed by atoms with Crippen molar-refractivity contribution in [2.75, 3.05) is 11.1 Å². The number of nitrogens with one attached hydrogen (secondary N) is 1. The molecule has 1 aliphatic rings. The number of nitrogens with zero attached hydrogens (tertiary/aromatic N) is 1. The molecule has 2 aromatic carbocycles. The van der Waals surface area contributed by atoms with Crippen LogP contribution in [-0.4, -0.2) is 17.0 Å². The van der Waals surface area contributed by atoms with E-state index >= 15 is 0 Å². The van der Waals surface area contributed by atoms with Crippen molar-refractivity contribution in [1.29, 1.82) is 0 Å². The van der Waals surface area contributed by atoms with Gasteiger partial charge in [-0.25, -0.2) is 4.39 Å². The molecule has 3 rings (SSSR count). The SMILES string of the molecule is Cc1cc(F)cc(NC2=NC(Cc3ccccc3)CS2)c1. The first-order valence-electron chi connectivity index (χ1n) is 6.98. The normalized spacial score (nSPS) is 17.6. The summed E-state index contributed by atoms with van der Waals surface area (Å²) in [5.74, 6) is 0.743. The van der Waals surface area contributed by atoms with E-state index in [1.54, 1.807) is 11.8 Å². The molecule has 0 saturated carbocycles. The van der Waals surface area contributed by atoms with Gasteiger partial charge in [-0.15, -0.1) is 0 Å². The lowest BCUT2D eigenvalue weighted by molar-refractivity contribution is 0.627. The van der Waals surface area contributed by atoms with E-state index in [4.69, 9.17) is 0 Å². The number of thioether (sulfide) groups is 1. The van der Waals surface area contributed by atoms with Crippen LogP contribution < -0.4 is 5.32 Å².